The minimum atomic E-state index is -3.67. The standard InChI is InChI=1S/C28H30N2O5S/c31-28(29-19-24-20-34-26-11-4-5-12-27(26)35-24)23-9-6-10-25(18-23)36(32,33)30-15-13-22(14-16-30)17-21-7-2-1-3-8-21/h1-12,18,22,24H,13-17,19-20H2,(H,29,31). The molecule has 188 valence electrons. The lowest BCUT2D eigenvalue weighted by Gasteiger charge is -2.31. The largest absolute Gasteiger partial charge is 0.486 e. The maximum absolute atomic E-state index is 13.3. The van der Waals surface area contributed by atoms with Gasteiger partial charge in [-0.15, -0.1) is 0 Å². The molecule has 0 aromatic heterocycles. The average Bonchev–Trinajstić information content (AvgIpc) is 2.92. The molecular weight excluding hydrogens is 476 g/mol. The molecule has 3 aromatic rings. The number of rotatable bonds is 7. The fourth-order valence-corrected chi connectivity index (χ4v) is 6.24. The van der Waals surface area contributed by atoms with Crippen molar-refractivity contribution in [3.05, 3.63) is 90.0 Å². The van der Waals surface area contributed by atoms with E-state index in [1.807, 2.05) is 42.5 Å². The third-order valence-electron chi connectivity index (χ3n) is 6.73. The number of fused-ring (bicyclic) bond motifs is 1. The Balaban J connectivity index is 1.17. The van der Waals surface area contributed by atoms with Crippen LogP contribution in [-0.4, -0.2) is 51.0 Å². The SMILES string of the molecule is O=C(NCC1COc2ccccc2O1)c1cccc(S(=O)(=O)N2CCC(Cc3ccccc3)CC2)c1. The van der Waals surface area contributed by atoms with Gasteiger partial charge in [0.15, 0.2) is 11.5 Å². The molecule has 36 heavy (non-hydrogen) atoms. The highest BCUT2D eigenvalue weighted by Crippen LogP contribution is 2.31. The van der Waals surface area contributed by atoms with Crippen molar-refractivity contribution >= 4 is 15.9 Å². The molecule has 0 spiro atoms. The smallest absolute Gasteiger partial charge is 0.251 e. The van der Waals surface area contributed by atoms with Gasteiger partial charge in [0.25, 0.3) is 5.91 Å². The van der Waals surface area contributed by atoms with Crippen molar-refractivity contribution in [2.45, 2.75) is 30.3 Å². The summed E-state index contributed by atoms with van der Waals surface area (Å²) in [5.74, 6) is 1.44. The number of benzene rings is 3. The van der Waals surface area contributed by atoms with E-state index in [0.717, 1.165) is 19.3 Å². The van der Waals surface area contributed by atoms with E-state index >= 15 is 0 Å². The Morgan fingerprint density at radius 3 is 2.42 bits per heavy atom. The van der Waals surface area contributed by atoms with E-state index in [9.17, 15) is 13.2 Å². The van der Waals surface area contributed by atoms with Gasteiger partial charge in [0.05, 0.1) is 11.4 Å². The van der Waals surface area contributed by atoms with Crippen LogP contribution in [0.3, 0.4) is 0 Å². The molecule has 8 heteroatoms. The number of nitrogens with one attached hydrogen (secondary N) is 1. The Bertz CT molecular complexity index is 1300. The van der Waals surface area contributed by atoms with Crippen molar-refractivity contribution in [1.29, 1.82) is 0 Å². The summed E-state index contributed by atoms with van der Waals surface area (Å²) in [7, 11) is -3.67. The third kappa shape index (κ3) is 5.55. The number of amides is 1. The van der Waals surface area contributed by atoms with Crippen LogP contribution in [-0.2, 0) is 16.4 Å². The number of carbonyl (C=O) groups excluding carboxylic acids is 1. The monoisotopic (exact) mass is 506 g/mol. The molecule has 1 unspecified atom stereocenters. The first-order valence-corrected chi connectivity index (χ1v) is 13.7. The van der Waals surface area contributed by atoms with E-state index in [1.165, 1.54) is 15.9 Å². The van der Waals surface area contributed by atoms with Crippen LogP contribution in [0.25, 0.3) is 0 Å². The molecule has 0 bridgehead atoms. The number of piperidine rings is 1. The molecular formula is C28H30N2O5S. The number of hydrogen-bond acceptors (Lipinski definition) is 5. The molecule has 2 heterocycles. The highest BCUT2D eigenvalue weighted by molar-refractivity contribution is 7.89. The summed E-state index contributed by atoms with van der Waals surface area (Å²) in [5, 5.41) is 2.83. The number of ether oxygens (including phenoxy) is 2. The summed E-state index contributed by atoms with van der Waals surface area (Å²) >= 11 is 0. The van der Waals surface area contributed by atoms with Gasteiger partial charge in [-0.25, -0.2) is 8.42 Å². The summed E-state index contributed by atoms with van der Waals surface area (Å²) in [4.78, 5) is 12.9. The first kappa shape index (κ1) is 24.3. The van der Waals surface area contributed by atoms with Crippen molar-refractivity contribution in [1.82, 2.24) is 9.62 Å². The van der Waals surface area contributed by atoms with Crippen LogP contribution < -0.4 is 14.8 Å². The second-order valence-electron chi connectivity index (χ2n) is 9.27. The molecule has 0 aliphatic carbocycles. The fourth-order valence-electron chi connectivity index (χ4n) is 4.72. The number of carbonyl (C=O) groups is 1. The van der Waals surface area contributed by atoms with Gasteiger partial charge in [-0.3, -0.25) is 4.79 Å². The minimum absolute atomic E-state index is 0.142. The van der Waals surface area contributed by atoms with E-state index in [4.69, 9.17) is 9.47 Å². The van der Waals surface area contributed by atoms with Gasteiger partial charge >= 0.3 is 0 Å². The first-order chi connectivity index (χ1) is 17.5. The Morgan fingerprint density at radius 2 is 1.64 bits per heavy atom. The van der Waals surface area contributed by atoms with Crippen LogP contribution in [0.2, 0.25) is 0 Å². The Morgan fingerprint density at radius 1 is 0.917 bits per heavy atom. The molecule has 1 saturated heterocycles. The summed E-state index contributed by atoms with van der Waals surface area (Å²) in [5.41, 5.74) is 1.58. The van der Waals surface area contributed by atoms with E-state index in [1.54, 1.807) is 18.2 Å². The molecule has 2 aliphatic rings. The fraction of sp³-hybridized carbons (Fsp3) is 0.321. The van der Waals surface area contributed by atoms with E-state index in [-0.39, 0.29) is 23.5 Å². The predicted octanol–water partition coefficient (Wildman–Crippen LogP) is 3.90. The molecule has 0 radical (unpaired) electrons. The van der Waals surface area contributed by atoms with Gasteiger partial charge in [-0.1, -0.05) is 48.5 Å². The molecule has 1 fully saturated rings. The molecule has 1 amide bonds. The highest BCUT2D eigenvalue weighted by Gasteiger charge is 2.30. The molecule has 3 aromatic carbocycles. The molecule has 0 saturated carbocycles. The van der Waals surface area contributed by atoms with Crippen LogP contribution in [0, 0.1) is 5.92 Å². The Labute approximate surface area is 212 Å². The van der Waals surface area contributed by atoms with Crippen LogP contribution in [0.5, 0.6) is 11.5 Å². The minimum Gasteiger partial charge on any atom is -0.486 e. The number of sulfonamides is 1. The van der Waals surface area contributed by atoms with Crippen molar-refractivity contribution in [3.63, 3.8) is 0 Å². The lowest BCUT2D eigenvalue weighted by Crippen LogP contribution is -2.41. The number of hydrogen-bond donors (Lipinski definition) is 1. The normalized spacial score (nSPS) is 18.5. The summed E-state index contributed by atoms with van der Waals surface area (Å²) in [6, 6.07) is 23.9. The van der Waals surface area contributed by atoms with E-state index in [2.05, 4.69) is 17.4 Å². The van der Waals surface area contributed by atoms with Gasteiger partial charge in [0, 0.05) is 18.7 Å². The Kier molecular flexibility index (Phi) is 7.25. The van der Waals surface area contributed by atoms with Crippen molar-refractivity contribution < 1.29 is 22.7 Å². The topological polar surface area (TPSA) is 84.9 Å². The predicted molar refractivity (Wildman–Crippen MR) is 137 cm³/mol. The lowest BCUT2D eigenvalue weighted by atomic mass is 9.91. The van der Waals surface area contributed by atoms with Crippen molar-refractivity contribution in [2.24, 2.45) is 5.92 Å². The second-order valence-corrected chi connectivity index (χ2v) is 11.2. The summed E-state index contributed by atoms with van der Waals surface area (Å²) < 4.78 is 39.7. The molecule has 1 atom stereocenters. The van der Waals surface area contributed by atoms with Gasteiger partial charge < -0.3 is 14.8 Å². The van der Waals surface area contributed by atoms with Gasteiger partial charge in [0.2, 0.25) is 10.0 Å². The van der Waals surface area contributed by atoms with Gasteiger partial charge in [-0.2, -0.15) is 4.31 Å². The van der Waals surface area contributed by atoms with Crippen LogP contribution >= 0.6 is 0 Å². The summed E-state index contributed by atoms with van der Waals surface area (Å²) in [6.07, 6.45) is 2.28. The Hall–Kier alpha value is -3.36. The van der Waals surface area contributed by atoms with Crippen molar-refractivity contribution in [3.8, 4) is 11.5 Å². The van der Waals surface area contributed by atoms with E-state index in [0.29, 0.717) is 42.7 Å². The molecule has 5 rings (SSSR count). The second kappa shape index (κ2) is 10.7. The molecule has 2 aliphatic heterocycles. The van der Waals surface area contributed by atoms with Crippen LogP contribution in [0.4, 0.5) is 0 Å². The van der Waals surface area contributed by atoms with Crippen LogP contribution in [0.1, 0.15) is 28.8 Å². The number of para-hydroxylation sites is 2. The zero-order valence-corrected chi connectivity index (χ0v) is 20.8. The lowest BCUT2D eigenvalue weighted by molar-refractivity contribution is 0.0789. The maximum Gasteiger partial charge on any atom is 0.251 e. The molecule has 7 nitrogen and oxygen atoms in total. The quantitative estimate of drug-likeness (QED) is 0.525. The third-order valence-corrected chi connectivity index (χ3v) is 8.63. The highest BCUT2D eigenvalue weighted by atomic mass is 32.2. The molecule has 1 N–H and O–H groups in total. The summed E-state index contributed by atoms with van der Waals surface area (Å²) in [6.45, 7) is 1.54. The zero-order valence-electron chi connectivity index (χ0n) is 20.0. The van der Waals surface area contributed by atoms with Gasteiger partial charge in [-0.05, 0) is 61.1 Å². The maximum atomic E-state index is 13.3. The first-order valence-electron chi connectivity index (χ1n) is 12.3. The van der Waals surface area contributed by atoms with Crippen molar-refractivity contribution in [2.75, 3.05) is 26.2 Å². The van der Waals surface area contributed by atoms with Gasteiger partial charge in [0.1, 0.15) is 12.7 Å². The van der Waals surface area contributed by atoms with E-state index < -0.39 is 10.0 Å². The average molecular weight is 507 g/mol. The van der Waals surface area contributed by atoms with Crippen LogP contribution in [0.15, 0.2) is 83.8 Å². The zero-order chi connectivity index (χ0) is 25.0. The number of nitrogens with zero attached hydrogens (tertiary/aromatic N) is 1.